The first-order chi connectivity index (χ1) is 10.3. The van der Waals surface area contributed by atoms with Crippen LogP contribution in [0.2, 0.25) is 0 Å². The van der Waals surface area contributed by atoms with E-state index in [2.05, 4.69) is 26.1 Å². The van der Waals surface area contributed by atoms with Crippen LogP contribution in [0.1, 0.15) is 91.4 Å². The first kappa shape index (κ1) is 19.0. The molecule has 0 aromatic heterocycles. The van der Waals surface area contributed by atoms with Crippen molar-refractivity contribution in [3.05, 3.63) is 0 Å². The zero-order chi connectivity index (χ0) is 15.3. The van der Waals surface area contributed by atoms with Crippen molar-refractivity contribution in [3.8, 4) is 0 Å². The van der Waals surface area contributed by atoms with Crippen LogP contribution in [0, 0.1) is 5.92 Å². The number of hydrogen-bond acceptors (Lipinski definition) is 2. The highest BCUT2D eigenvalue weighted by molar-refractivity contribution is 4.79. The van der Waals surface area contributed by atoms with Gasteiger partial charge in [-0.05, 0) is 45.1 Å². The molecule has 0 radical (unpaired) electrons. The number of nitrogens with one attached hydrogen (secondary N) is 1. The second-order valence-corrected chi connectivity index (χ2v) is 6.95. The van der Waals surface area contributed by atoms with Gasteiger partial charge in [0.15, 0.2) is 0 Å². The van der Waals surface area contributed by atoms with Gasteiger partial charge in [-0.15, -0.1) is 0 Å². The molecular weight excluding hydrogens is 258 g/mol. The van der Waals surface area contributed by atoms with E-state index in [1.165, 1.54) is 70.6 Å². The van der Waals surface area contributed by atoms with Crippen LogP contribution in [0.25, 0.3) is 0 Å². The Morgan fingerprint density at radius 2 is 1.76 bits per heavy atom. The molecule has 1 aliphatic carbocycles. The van der Waals surface area contributed by atoms with E-state index in [4.69, 9.17) is 4.74 Å². The predicted octanol–water partition coefficient (Wildman–Crippen LogP) is 5.31. The van der Waals surface area contributed by atoms with Gasteiger partial charge in [-0.25, -0.2) is 0 Å². The standard InChI is InChI=1S/C19H39NO/c1-4-6-7-9-12-17(3)21-16-19(20-15-5-2)18-13-10-8-11-14-18/h17-20H,4-16H2,1-3H3. The summed E-state index contributed by atoms with van der Waals surface area (Å²) in [5.41, 5.74) is 0. The quantitative estimate of drug-likeness (QED) is 0.493. The number of ether oxygens (including phenoxy) is 1. The minimum absolute atomic E-state index is 0.427. The summed E-state index contributed by atoms with van der Waals surface area (Å²) in [6.45, 7) is 8.83. The van der Waals surface area contributed by atoms with Gasteiger partial charge in [0.1, 0.15) is 0 Å². The molecule has 1 rings (SSSR count). The van der Waals surface area contributed by atoms with Gasteiger partial charge in [0.25, 0.3) is 0 Å². The van der Waals surface area contributed by atoms with Crippen LogP contribution in [-0.2, 0) is 4.74 Å². The van der Waals surface area contributed by atoms with Crippen LogP contribution >= 0.6 is 0 Å². The molecule has 1 fully saturated rings. The van der Waals surface area contributed by atoms with Crippen LogP contribution in [-0.4, -0.2) is 25.3 Å². The van der Waals surface area contributed by atoms with Crippen LogP contribution in [0.15, 0.2) is 0 Å². The summed E-state index contributed by atoms with van der Waals surface area (Å²) in [7, 11) is 0. The van der Waals surface area contributed by atoms with Crippen molar-refractivity contribution in [2.24, 2.45) is 5.92 Å². The average molecular weight is 298 g/mol. The molecule has 1 N–H and O–H groups in total. The van der Waals surface area contributed by atoms with Crippen LogP contribution in [0.5, 0.6) is 0 Å². The molecule has 0 aliphatic heterocycles. The fraction of sp³-hybridized carbons (Fsp3) is 1.00. The molecule has 0 aromatic rings. The lowest BCUT2D eigenvalue weighted by atomic mass is 9.84. The van der Waals surface area contributed by atoms with Gasteiger partial charge < -0.3 is 10.1 Å². The Morgan fingerprint density at radius 3 is 2.43 bits per heavy atom. The van der Waals surface area contributed by atoms with Crippen LogP contribution in [0.4, 0.5) is 0 Å². The molecule has 2 heteroatoms. The number of hydrogen-bond donors (Lipinski definition) is 1. The van der Waals surface area contributed by atoms with E-state index in [9.17, 15) is 0 Å². The SMILES string of the molecule is CCCCCCC(C)OCC(NCCC)C1CCCCC1. The second-order valence-electron chi connectivity index (χ2n) is 6.95. The maximum absolute atomic E-state index is 6.17. The van der Waals surface area contributed by atoms with Crippen molar-refractivity contribution in [2.75, 3.05) is 13.2 Å². The minimum atomic E-state index is 0.427. The van der Waals surface area contributed by atoms with E-state index in [0.29, 0.717) is 12.1 Å². The first-order valence-electron chi connectivity index (χ1n) is 9.62. The summed E-state index contributed by atoms with van der Waals surface area (Å²) >= 11 is 0. The van der Waals surface area contributed by atoms with Crippen molar-refractivity contribution in [2.45, 2.75) is 104 Å². The summed E-state index contributed by atoms with van der Waals surface area (Å²) in [5.74, 6) is 0.845. The Morgan fingerprint density at radius 1 is 1.00 bits per heavy atom. The normalized spacial score (nSPS) is 19.6. The van der Waals surface area contributed by atoms with E-state index in [-0.39, 0.29) is 0 Å². The zero-order valence-electron chi connectivity index (χ0n) is 14.8. The van der Waals surface area contributed by atoms with Crippen molar-refractivity contribution in [1.29, 1.82) is 0 Å². The van der Waals surface area contributed by atoms with Crippen LogP contribution < -0.4 is 5.32 Å². The minimum Gasteiger partial charge on any atom is -0.377 e. The van der Waals surface area contributed by atoms with Gasteiger partial charge in [0.05, 0.1) is 12.7 Å². The fourth-order valence-electron chi connectivity index (χ4n) is 3.44. The summed E-state index contributed by atoms with van der Waals surface area (Å²) in [4.78, 5) is 0. The van der Waals surface area contributed by atoms with Crippen molar-refractivity contribution < 1.29 is 4.74 Å². The fourth-order valence-corrected chi connectivity index (χ4v) is 3.44. The Bertz CT molecular complexity index is 226. The Labute approximate surface area is 133 Å². The van der Waals surface area contributed by atoms with Crippen molar-refractivity contribution in [1.82, 2.24) is 5.32 Å². The zero-order valence-corrected chi connectivity index (χ0v) is 14.8. The number of rotatable bonds is 12. The van der Waals surface area contributed by atoms with E-state index >= 15 is 0 Å². The molecular formula is C19H39NO. The van der Waals surface area contributed by atoms with Crippen LogP contribution in [0.3, 0.4) is 0 Å². The van der Waals surface area contributed by atoms with Crippen molar-refractivity contribution >= 4 is 0 Å². The average Bonchev–Trinajstić information content (AvgIpc) is 2.52. The lowest BCUT2D eigenvalue weighted by molar-refractivity contribution is 0.0275. The Balaban J connectivity index is 2.23. The lowest BCUT2D eigenvalue weighted by Gasteiger charge is -2.31. The molecule has 0 amide bonds. The molecule has 0 saturated heterocycles. The monoisotopic (exact) mass is 297 g/mol. The molecule has 2 nitrogen and oxygen atoms in total. The summed E-state index contributed by atoms with van der Waals surface area (Å²) in [6.07, 6.45) is 15.3. The third-order valence-electron chi connectivity index (χ3n) is 4.90. The van der Waals surface area contributed by atoms with Gasteiger partial charge in [-0.2, -0.15) is 0 Å². The predicted molar refractivity (Wildman–Crippen MR) is 92.8 cm³/mol. The van der Waals surface area contributed by atoms with Gasteiger partial charge in [-0.1, -0.05) is 58.8 Å². The topological polar surface area (TPSA) is 21.3 Å². The third kappa shape index (κ3) is 8.83. The molecule has 0 aromatic carbocycles. The largest absolute Gasteiger partial charge is 0.377 e. The molecule has 1 saturated carbocycles. The number of unbranched alkanes of at least 4 members (excludes halogenated alkanes) is 3. The highest BCUT2D eigenvalue weighted by atomic mass is 16.5. The summed E-state index contributed by atoms with van der Waals surface area (Å²) in [6, 6.07) is 0.586. The van der Waals surface area contributed by atoms with Gasteiger partial charge in [-0.3, -0.25) is 0 Å². The molecule has 2 unspecified atom stereocenters. The summed E-state index contributed by atoms with van der Waals surface area (Å²) < 4.78 is 6.17. The molecule has 0 bridgehead atoms. The highest BCUT2D eigenvalue weighted by Crippen LogP contribution is 2.27. The van der Waals surface area contributed by atoms with Crippen molar-refractivity contribution in [3.63, 3.8) is 0 Å². The lowest BCUT2D eigenvalue weighted by Crippen LogP contribution is -2.42. The maximum Gasteiger partial charge on any atom is 0.0625 e. The van der Waals surface area contributed by atoms with E-state index in [1.807, 2.05) is 0 Å². The first-order valence-corrected chi connectivity index (χ1v) is 9.62. The smallest absolute Gasteiger partial charge is 0.0625 e. The van der Waals surface area contributed by atoms with Gasteiger partial charge >= 0.3 is 0 Å². The molecule has 126 valence electrons. The molecule has 0 spiro atoms. The van der Waals surface area contributed by atoms with Gasteiger partial charge in [0.2, 0.25) is 0 Å². The molecule has 0 heterocycles. The van der Waals surface area contributed by atoms with E-state index < -0.39 is 0 Å². The van der Waals surface area contributed by atoms with E-state index in [1.54, 1.807) is 0 Å². The third-order valence-corrected chi connectivity index (χ3v) is 4.90. The summed E-state index contributed by atoms with van der Waals surface area (Å²) in [5, 5.41) is 3.75. The maximum atomic E-state index is 6.17. The van der Waals surface area contributed by atoms with Gasteiger partial charge in [0, 0.05) is 6.04 Å². The van der Waals surface area contributed by atoms with E-state index in [0.717, 1.165) is 19.1 Å². The highest BCUT2D eigenvalue weighted by Gasteiger charge is 2.23. The molecule has 2 atom stereocenters. The Kier molecular flexibility index (Phi) is 11.3. The molecule has 21 heavy (non-hydrogen) atoms. The second kappa shape index (κ2) is 12.5. The Hall–Kier alpha value is -0.0800. The molecule has 1 aliphatic rings.